The van der Waals surface area contributed by atoms with Crippen molar-refractivity contribution in [2.45, 2.75) is 32.2 Å². The Hall–Kier alpha value is -0.400. The SMILES string of the molecule is Cc1nc(S(=O)(=O)NCC(C)(C)CCBr)cn1C. The van der Waals surface area contributed by atoms with E-state index in [1.165, 1.54) is 6.20 Å². The van der Waals surface area contributed by atoms with E-state index in [-0.39, 0.29) is 10.4 Å². The average Bonchev–Trinajstić information content (AvgIpc) is 2.58. The third kappa shape index (κ3) is 4.07. The number of aromatic nitrogens is 2. The Morgan fingerprint density at radius 2 is 2.11 bits per heavy atom. The summed E-state index contributed by atoms with van der Waals surface area (Å²) < 4.78 is 28.4. The van der Waals surface area contributed by atoms with Crippen LogP contribution >= 0.6 is 15.9 Å². The molecule has 0 fully saturated rings. The number of sulfonamides is 1. The first kappa shape index (κ1) is 15.7. The van der Waals surface area contributed by atoms with Gasteiger partial charge in [0.1, 0.15) is 5.82 Å². The fraction of sp³-hybridized carbons (Fsp3) is 0.727. The van der Waals surface area contributed by atoms with Gasteiger partial charge >= 0.3 is 0 Å². The Kier molecular flexibility index (Phi) is 4.97. The fourth-order valence-electron chi connectivity index (χ4n) is 1.36. The van der Waals surface area contributed by atoms with E-state index in [1.807, 2.05) is 13.8 Å². The molecule has 1 rings (SSSR count). The van der Waals surface area contributed by atoms with Crippen molar-refractivity contribution in [3.8, 4) is 0 Å². The van der Waals surface area contributed by atoms with Crippen molar-refractivity contribution in [2.75, 3.05) is 11.9 Å². The average molecular weight is 338 g/mol. The molecule has 5 nitrogen and oxygen atoms in total. The molecule has 0 aliphatic rings. The van der Waals surface area contributed by atoms with E-state index in [0.717, 1.165) is 11.8 Å². The van der Waals surface area contributed by atoms with Crippen LogP contribution in [0.15, 0.2) is 11.2 Å². The normalized spacial score (nSPS) is 12.9. The lowest BCUT2D eigenvalue weighted by atomic mass is 9.91. The quantitative estimate of drug-likeness (QED) is 0.805. The van der Waals surface area contributed by atoms with E-state index in [2.05, 4.69) is 25.6 Å². The molecule has 0 amide bonds. The molecule has 0 aliphatic heterocycles. The van der Waals surface area contributed by atoms with Gasteiger partial charge in [-0.25, -0.2) is 18.1 Å². The van der Waals surface area contributed by atoms with Crippen LogP contribution in [0.25, 0.3) is 0 Å². The highest BCUT2D eigenvalue weighted by Crippen LogP contribution is 2.21. The molecule has 1 aromatic heterocycles. The highest BCUT2D eigenvalue weighted by molar-refractivity contribution is 9.09. The molecule has 104 valence electrons. The Labute approximate surface area is 117 Å². The first-order valence-electron chi connectivity index (χ1n) is 5.73. The van der Waals surface area contributed by atoms with E-state index in [9.17, 15) is 8.42 Å². The standard InChI is InChI=1S/C11H20BrN3O2S/c1-9-14-10(7-15(9)4)18(16,17)13-8-11(2,3)5-6-12/h7,13H,5-6,8H2,1-4H3. The van der Waals surface area contributed by atoms with Crippen LogP contribution in [0.3, 0.4) is 0 Å². The number of halogens is 1. The summed E-state index contributed by atoms with van der Waals surface area (Å²) in [6.45, 7) is 6.23. The van der Waals surface area contributed by atoms with Crippen LogP contribution in [0.5, 0.6) is 0 Å². The second kappa shape index (κ2) is 5.71. The summed E-state index contributed by atoms with van der Waals surface area (Å²) in [5, 5.41) is 0.932. The molecular weight excluding hydrogens is 318 g/mol. The number of nitrogens with zero attached hydrogens (tertiary/aromatic N) is 2. The Balaban J connectivity index is 2.77. The lowest BCUT2D eigenvalue weighted by molar-refractivity contribution is 0.354. The van der Waals surface area contributed by atoms with Gasteiger partial charge in [-0.3, -0.25) is 0 Å². The van der Waals surface area contributed by atoms with Gasteiger partial charge in [0.25, 0.3) is 10.0 Å². The van der Waals surface area contributed by atoms with Gasteiger partial charge < -0.3 is 4.57 Å². The second-order valence-electron chi connectivity index (χ2n) is 5.17. The van der Waals surface area contributed by atoms with Crippen molar-refractivity contribution in [2.24, 2.45) is 12.5 Å². The summed E-state index contributed by atoms with van der Waals surface area (Å²) in [5.74, 6) is 0.676. The topological polar surface area (TPSA) is 64.0 Å². The monoisotopic (exact) mass is 337 g/mol. The molecule has 0 radical (unpaired) electrons. The number of alkyl halides is 1. The molecule has 0 aliphatic carbocycles. The van der Waals surface area contributed by atoms with Gasteiger partial charge in [0, 0.05) is 25.1 Å². The number of hydrogen-bond donors (Lipinski definition) is 1. The lowest BCUT2D eigenvalue weighted by Crippen LogP contribution is -2.34. The summed E-state index contributed by atoms with van der Waals surface area (Å²) in [6.07, 6.45) is 2.42. The minimum atomic E-state index is -3.51. The van der Waals surface area contributed by atoms with E-state index in [4.69, 9.17) is 0 Å². The molecule has 1 heterocycles. The maximum Gasteiger partial charge on any atom is 0.259 e. The third-order valence-corrected chi connectivity index (χ3v) is 4.54. The van der Waals surface area contributed by atoms with Gasteiger partial charge in [0.2, 0.25) is 0 Å². The van der Waals surface area contributed by atoms with Crippen LogP contribution in [0, 0.1) is 12.3 Å². The van der Waals surface area contributed by atoms with Crippen molar-refractivity contribution in [3.05, 3.63) is 12.0 Å². The van der Waals surface area contributed by atoms with E-state index in [1.54, 1.807) is 18.5 Å². The zero-order valence-corrected chi connectivity index (χ0v) is 13.6. The molecule has 0 aromatic carbocycles. The lowest BCUT2D eigenvalue weighted by Gasteiger charge is -2.23. The van der Waals surface area contributed by atoms with Crippen molar-refractivity contribution in [1.82, 2.24) is 14.3 Å². The van der Waals surface area contributed by atoms with Crippen LogP contribution in [0.4, 0.5) is 0 Å². The number of rotatable bonds is 6. The summed E-state index contributed by atoms with van der Waals surface area (Å²) in [5.41, 5.74) is -0.0829. The molecule has 0 bridgehead atoms. The molecular formula is C11H20BrN3O2S. The predicted octanol–water partition coefficient (Wildman–Crippen LogP) is 1.82. The number of imidazole rings is 1. The number of nitrogens with one attached hydrogen (secondary N) is 1. The van der Waals surface area contributed by atoms with Crippen LogP contribution in [-0.2, 0) is 17.1 Å². The molecule has 0 unspecified atom stereocenters. The zero-order chi connectivity index (χ0) is 14.0. The number of hydrogen-bond acceptors (Lipinski definition) is 3. The molecule has 0 saturated heterocycles. The van der Waals surface area contributed by atoms with Gasteiger partial charge in [-0.05, 0) is 18.8 Å². The van der Waals surface area contributed by atoms with Crippen molar-refractivity contribution in [3.63, 3.8) is 0 Å². The van der Waals surface area contributed by atoms with Gasteiger partial charge in [0.05, 0.1) is 0 Å². The summed E-state index contributed by atoms with van der Waals surface area (Å²) >= 11 is 3.37. The van der Waals surface area contributed by atoms with E-state index < -0.39 is 10.0 Å². The minimum Gasteiger partial charge on any atom is -0.337 e. The van der Waals surface area contributed by atoms with Gasteiger partial charge in [0.15, 0.2) is 5.03 Å². The Bertz CT molecular complexity index is 489. The largest absolute Gasteiger partial charge is 0.337 e. The second-order valence-corrected chi connectivity index (χ2v) is 7.67. The van der Waals surface area contributed by atoms with Gasteiger partial charge in [-0.1, -0.05) is 29.8 Å². The van der Waals surface area contributed by atoms with Gasteiger partial charge in [-0.2, -0.15) is 0 Å². The zero-order valence-electron chi connectivity index (χ0n) is 11.2. The van der Waals surface area contributed by atoms with Gasteiger partial charge in [-0.15, -0.1) is 0 Å². The maximum atomic E-state index is 12.0. The first-order chi connectivity index (χ1) is 8.18. The summed E-state index contributed by atoms with van der Waals surface area (Å²) in [7, 11) is -1.74. The molecule has 18 heavy (non-hydrogen) atoms. The number of aryl methyl sites for hydroxylation is 2. The fourth-order valence-corrected chi connectivity index (χ4v) is 3.72. The van der Waals surface area contributed by atoms with Crippen molar-refractivity contribution >= 4 is 26.0 Å². The van der Waals surface area contributed by atoms with Crippen LogP contribution in [-0.4, -0.2) is 29.8 Å². The highest BCUT2D eigenvalue weighted by Gasteiger charge is 2.23. The molecule has 0 atom stereocenters. The molecule has 1 N–H and O–H groups in total. The molecule has 7 heteroatoms. The molecule has 1 aromatic rings. The van der Waals surface area contributed by atoms with Crippen LogP contribution in [0.1, 0.15) is 26.1 Å². The first-order valence-corrected chi connectivity index (χ1v) is 8.34. The Morgan fingerprint density at radius 1 is 1.50 bits per heavy atom. The van der Waals surface area contributed by atoms with Crippen molar-refractivity contribution in [1.29, 1.82) is 0 Å². The summed E-state index contributed by atoms with van der Waals surface area (Å²) in [6, 6.07) is 0. The third-order valence-electron chi connectivity index (χ3n) is 2.87. The van der Waals surface area contributed by atoms with E-state index >= 15 is 0 Å². The molecule has 0 saturated carbocycles. The maximum absolute atomic E-state index is 12.0. The van der Waals surface area contributed by atoms with Crippen LogP contribution < -0.4 is 4.72 Å². The minimum absolute atomic E-state index is 0.0807. The van der Waals surface area contributed by atoms with Crippen LogP contribution in [0.2, 0.25) is 0 Å². The van der Waals surface area contributed by atoms with E-state index in [0.29, 0.717) is 12.4 Å². The smallest absolute Gasteiger partial charge is 0.259 e. The summed E-state index contributed by atoms with van der Waals surface area (Å²) in [4.78, 5) is 4.03. The van der Waals surface area contributed by atoms with Crippen molar-refractivity contribution < 1.29 is 8.42 Å². The molecule has 0 spiro atoms. The predicted molar refractivity (Wildman–Crippen MR) is 75.3 cm³/mol. The Morgan fingerprint density at radius 3 is 2.56 bits per heavy atom. The highest BCUT2D eigenvalue weighted by atomic mass is 79.9.